The Morgan fingerprint density at radius 3 is 2.32 bits per heavy atom. The van der Waals surface area contributed by atoms with Crippen molar-refractivity contribution >= 4 is 23.7 Å². The Morgan fingerprint density at radius 2 is 1.79 bits per heavy atom. The van der Waals surface area contributed by atoms with Crippen molar-refractivity contribution in [2.75, 3.05) is 7.05 Å². The second-order valence-corrected chi connectivity index (χ2v) is 3.61. The van der Waals surface area contributed by atoms with Crippen LogP contribution in [-0.4, -0.2) is 19.7 Å². The van der Waals surface area contributed by atoms with Crippen LogP contribution in [0.5, 0.6) is 0 Å². The van der Waals surface area contributed by atoms with Gasteiger partial charge in [0, 0.05) is 12.4 Å². The molecule has 0 radical (unpaired) electrons. The third kappa shape index (κ3) is 3.68. The number of nitrogens with one attached hydrogen (secondary N) is 1. The van der Waals surface area contributed by atoms with E-state index in [4.69, 9.17) is 9.21 Å². The van der Waals surface area contributed by atoms with Gasteiger partial charge in [0.2, 0.25) is 0 Å². The number of furan rings is 1. The Hall–Kier alpha value is -2.10. The third-order valence-corrected chi connectivity index (χ3v) is 2.47. The van der Waals surface area contributed by atoms with Crippen LogP contribution < -0.4 is 5.32 Å². The SMILES string of the molecule is C=O.CC.CNC(=O)c1c(C)oc2ccc(C)cc12. The van der Waals surface area contributed by atoms with E-state index in [9.17, 15) is 4.79 Å². The fourth-order valence-electron chi connectivity index (χ4n) is 1.74. The first-order valence-corrected chi connectivity index (χ1v) is 6.14. The summed E-state index contributed by atoms with van der Waals surface area (Å²) in [6.07, 6.45) is 0. The summed E-state index contributed by atoms with van der Waals surface area (Å²) in [6, 6.07) is 5.83. The molecule has 104 valence electrons. The summed E-state index contributed by atoms with van der Waals surface area (Å²) >= 11 is 0. The lowest BCUT2D eigenvalue weighted by Crippen LogP contribution is -2.18. The average molecular weight is 263 g/mol. The van der Waals surface area contributed by atoms with Gasteiger partial charge in [0.15, 0.2) is 0 Å². The van der Waals surface area contributed by atoms with E-state index in [1.54, 1.807) is 14.0 Å². The quantitative estimate of drug-likeness (QED) is 0.859. The fraction of sp³-hybridized carbons (Fsp3) is 0.333. The highest BCUT2D eigenvalue weighted by molar-refractivity contribution is 6.07. The van der Waals surface area contributed by atoms with E-state index >= 15 is 0 Å². The summed E-state index contributed by atoms with van der Waals surface area (Å²) in [7, 11) is 1.62. The summed E-state index contributed by atoms with van der Waals surface area (Å²) in [4.78, 5) is 19.6. The van der Waals surface area contributed by atoms with Gasteiger partial charge < -0.3 is 14.5 Å². The maximum Gasteiger partial charge on any atom is 0.255 e. The zero-order valence-electron chi connectivity index (χ0n) is 12.2. The first kappa shape index (κ1) is 16.9. The average Bonchev–Trinajstić information content (AvgIpc) is 2.78. The highest BCUT2D eigenvalue weighted by Gasteiger charge is 2.16. The number of hydrogen-bond donors (Lipinski definition) is 1. The number of carbonyl (C=O) groups excluding carboxylic acids is 2. The second kappa shape index (κ2) is 8.08. The van der Waals surface area contributed by atoms with Gasteiger partial charge in [-0.2, -0.15) is 0 Å². The smallest absolute Gasteiger partial charge is 0.255 e. The van der Waals surface area contributed by atoms with Crippen LogP contribution in [0.3, 0.4) is 0 Å². The summed E-state index contributed by atoms with van der Waals surface area (Å²) in [5.41, 5.74) is 2.52. The number of benzene rings is 1. The molecule has 0 aliphatic carbocycles. The molecular formula is C15H21NO3. The van der Waals surface area contributed by atoms with Gasteiger partial charge in [-0.3, -0.25) is 4.79 Å². The van der Waals surface area contributed by atoms with Crippen molar-refractivity contribution in [2.24, 2.45) is 0 Å². The summed E-state index contributed by atoms with van der Waals surface area (Å²) in [5.74, 6) is 0.562. The van der Waals surface area contributed by atoms with E-state index < -0.39 is 0 Å². The van der Waals surface area contributed by atoms with Crippen molar-refractivity contribution in [3.63, 3.8) is 0 Å². The maximum absolute atomic E-state index is 11.6. The number of rotatable bonds is 1. The molecule has 0 aliphatic rings. The largest absolute Gasteiger partial charge is 0.461 e. The molecule has 1 aromatic heterocycles. The van der Waals surface area contributed by atoms with Gasteiger partial charge in [0.05, 0.1) is 5.56 Å². The minimum Gasteiger partial charge on any atom is -0.461 e. The molecule has 1 N–H and O–H groups in total. The number of fused-ring (bicyclic) bond motifs is 1. The van der Waals surface area contributed by atoms with Gasteiger partial charge in [-0.1, -0.05) is 25.5 Å². The number of hydrogen-bond acceptors (Lipinski definition) is 3. The van der Waals surface area contributed by atoms with Crippen LogP contribution in [0, 0.1) is 13.8 Å². The highest BCUT2D eigenvalue weighted by Crippen LogP contribution is 2.26. The normalized spacial score (nSPS) is 8.89. The topological polar surface area (TPSA) is 59.3 Å². The van der Waals surface area contributed by atoms with Crippen molar-refractivity contribution in [3.05, 3.63) is 35.1 Å². The first-order chi connectivity index (χ1) is 9.13. The lowest BCUT2D eigenvalue weighted by atomic mass is 10.1. The maximum atomic E-state index is 11.6. The molecule has 4 heteroatoms. The predicted molar refractivity (Wildman–Crippen MR) is 77.5 cm³/mol. The molecule has 0 unspecified atom stereocenters. The molecule has 0 atom stereocenters. The van der Waals surface area contributed by atoms with E-state index in [-0.39, 0.29) is 5.91 Å². The number of carbonyl (C=O) groups is 2. The molecule has 0 saturated heterocycles. The molecular weight excluding hydrogens is 242 g/mol. The molecule has 4 nitrogen and oxygen atoms in total. The van der Waals surface area contributed by atoms with Crippen molar-refractivity contribution in [2.45, 2.75) is 27.7 Å². The summed E-state index contributed by atoms with van der Waals surface area (Å²) in [5, 5.41) is 3.50. The Labute approximate surface area is 113 Å². The standard InChI is InChI=1S/C12H13NO2.C2H6.CH2O/c1-7-4-5-10-9(6-7)11(8(2)15-10)12(14)13-3;2*1-2/h4-6H,1-3H3,(H,13,14);1-2H3;1H2. The van der Waals surface area contributed by atoms with E-state index in [1.807, 2.05) is 45.8 Å². The van der Waals surface area contributed by atoms with E-state index in [2.05, 4.69) is 5.32 Å². The van der Waals surface area contributed by atoms with E-state index in [1.165, 1.54) is 0 Å². The van der Waals surface area contributed by atoms with Gasteiger partial charge in [-0.15, -0.1) is 0 Å². The van der Waals surface area contributed by atoms with Gasteiger partial charge in [-0.05, 0) is 26.0 Å². The zero-order valence-corrected chi connectivity index (χ0v) is 12.2. The summed E-state index contributed by atoms with van der Waals surface area (Å²) < 4.78 is 5.52. The third-order valence-electron chi connectivity index (χ3n) is 2.47. The number of amides is 1. The summed E-state index contributed by atoms with van der Waals surface area (Å²) in [6.45, 7) is 9.80. The minimum absolute atomic E-state index is 0.100. The lowest BCUT2D eigenvalue weighted by Gasteiger charge is -1.98. The molecule has 1 heterocycles. The van der Waals surface area contributed by atoms with Crippen molar-refractivity contribution in [1.29, 1.82) is 0 Å². The Morgan fingerprint density at radius 1 is 1.21 bits per heavy atom. The van der Waals surface area contributed by atoms with Gasteiger partial charge in [0.1, 0.15) is 18.1 Å². The van der Waals surface area contributed by atoms with Crippen LogP contribution in [0.1, 0.15) is 35.5 Å². The Balaban J connectivity index is 0.000000741. The molecule has 0 saturated carbocycles. The number of aryl methyl sites for hydroxylation is 2. The van der Waals surface area contributed by atoms with Gasteiger partial charge in [-0.25, -0.2) is 0 Å². The predicted octanol–water partition coefficient (Wildman–Crippen LogP) is 3.25. The van der Waals surface area contributed by atoms with Gasteiger partial charge >= 0.3 is 0 Å². The van der Waals surface area contributed by atoms with Crippen LogP contribution >= 0.6 is 0 Å². The van der Waals surface area contributed by atoms with E-state index in [0.29, 0.717) is 11.3 Å². The second-order valence-electron chi connectivity index (χ2n) is 3.61. The fourth-order valence-corrected chi connectivity index (χ4v) is 1.74. The minimum atomic E-state index is -0.100. The Kier molecular flexibility index (Phi) is 7.19. The van der Waals surface area contributed by atoms with Crippen LogP contribution in [-0.2, 0) is 4.79 Å². The zero-order chi connectivity index (χ0) is 15.0. The monoisotopic (exact) mass is 263 g/mol. The molecule has 19 heavy (non-hydrogen) atoms. The van der Waals surface area contributed by atoms with Crippen LogP contribution in [0.4, 0.5) is 0 Å². The molecule has 0 spiro atoms. The van der Waals surface area contributed by atoms with Crippen LogP contribution in [0.25, 0.3) is 11.0 Å². The lowest BCUT2D eigenvalue weighted by molar-refractivity contribution is -0.0980. The first-order valence-electron chi connectivity index (χ1n) is 6.14. The van der Waals surface area contributed by atoms with Crippen molar-refractivity contribution < 1.29 is 14.0 Å². The molecule has 0 fully saturated rings. The van der Waals surface area contributed by atoms with Crippen LogP contribution in [0.2, 0.25) is 0 Å². The van der Waals surface area contributed by atoms with E-state index in [0.717, 1.165) is 16.5 Å². The van der Waals surface area contributed by atoms with Crippen molar-refractivity contribution in [3.8, 4) is 0 Å². The molecule has 2 rings (SSSR count). The molecule has 0 bridgehead atoms. The van der Waals surface area contributed by atoms with Crippen LogP contribution in [0.15, 0.2) is 22.6 Å². The molecule has 1 amide bonds. The molecule has 2 aromatic rings. The Bertz CT molecular complexity index is 544. The van der Waals surface area contributed by atoms with Gasteiger partial charge in [0.25, 0.3) is 5.91 Å². The molecule has 0 aliphatic heterocycles. The van der Waals surface area contributed by atoms with Crippen molar-refractivity contribution in [1.82, 2.24) is 5.32 Å². The molecule has 1 aromatic carbocycles. The highest BCUT2D eigenvalue weighted by atomic mass is 16.3.